The SMILES string of the molecule is N#C/C=C\c1ccccc1-c1ccc(Cl)cc1F. The number of rotatable bonds is 2. The van der Waals surface area contributed by atoms with E-state index < -0.39 is 0 Å². The molecule has 0 aliphatic rings. The van der Waals surface area contributed by atoms with Gasteiger partial charge < -0.3 is 0 Å². The molecule has 0 aliphatic carbocycles. The van der Waals surface area contributed by atoms with Crippen LogP contribution in [0.15, 0.2) is 48.5 Å². The lowest BCUT2D eigenvalue weighted by Crippen LogP contribution is -1.87. The summed E-state index contributed by atoms with van der Waals surface area (Å²) in [6.45, 7) is 0. The fourth-order valence-corrected chi connectivity index (χ4v) is 1.88. The molecule has 0 spiro atoms. The second kappa shape index (κ2) is 5.48. The summed E-state index contributed by atoms with van der Waals surface area (Å²) in [6, 6.07) is 13.8. The van der Waals surface area contributed by atoms with Crippen LogP contribution in [0.2, 0.25) is 5.02 Å². The summed E-state index contributed by atoms with van der Waals surface area (Å²) in [4.78, 5) is 0. The van der Waals surface area contributed by atoms with Crippen molar-refractivity contribution in [2.45, 2.75) is 0 Å². The van der Waals surface area contributed by atoms with Crippen molar-refractivity contribution in [3.63, 3.8) is 0 Å². The molecule has 0 aromatic heterocycles. The molecule has 3 heteroatoms. The van der Waals surface area contributed by atoms with Gasteiger partial charge in [-0.25, -0.2) is 4.39 Å². The molecular formula is C15H9ClFN. The fraction of sp³-hybridized carbons (Fsp3) is 0. The maximum Gasteiger partial charge on any atom is 0.132 e. The van der Waals surface area contributed by atoms with Crippen LogP contribution in [0, 0.1) is 17.1 Å². The maximum atomic E-state index is 13.9. The second-order valence-corrected chi connectivity index (χ2v) is 4.11. The van der Waals surface area contributed by atoms with Crippen LogP contribution >= 0.6 is 11.6 Å². The zero-order valence-electron chi connectivity index (χ0n) is 9.40. The number of nitriles is 1. The van der Waals surface area contributed by atoms with Gasteiger partial charge in [-0.15, -0.1) is 0 Å². The minimum absolute atomic E-state index is 0.362. The van der Waals surface area contributed by atoms with Gasteiger partial charge in [0.2, 0.25) is 0 Å². The Kier molecular flexibility index (Phi) is 3.76. The highest BCUT2D eigenvalue weighted by molar-refractivity contribution is 6.30. The molecule has 0 atom stereocenters. The molecule has 0 N–H and O–H groups in total. The number of hydrogen-bond donors (Lipinski definition) is 0. The van der Waals surface area contributed by atoms with Crippen molar-refractivity contribution in [1.82, 2.24) is 0 Å². The summed E-state index contributed by atoms with van der Waals surface area (Å²) in [5, 5.41) is 8.91. The van der Waals surface area contributed by atoms with Crippen LogP contribution in [-0.4, -0.2) is 0 Å². The van der Waals surface area contributed by atoms with Crippen LogP contribution in [0.4, 0.5) is 4.39 Å². The Morgan fingerprint density at radius 1 is 1.11 bits per heavy atom. The lowest BCUT2D eigenvalue weighted by Gasteiger charge is -2.07. The highest BCUT2D eigenvalue weighted by Crippen LogP contribution is 2.28. The van der Waals surface area contributed by atoms with Crippen LogP contribution in [0.5, 0.6) is 0 Å². The molecule has 0 saturated carbocycles. The largest absolute Gasteiger partial charge is 0.206 e. The van der Waals surface area contributed by atoms with Gasteiger partial charge in [0.15, 0.2) is 0 Å². The summed E-state index contributed by atoms with van der Waals surface area (Å²) in [5.41, 5.74) is 2.00. The van der Waals surface area contributed by atoms with Crippen molar-refractivity contribution in [3.8, 4) is 17.2 Å². The Bertz CT molecular complexity index is 641. The predicted octanol–water partition coefficient (Wildman–Crippen LogP) is 4.68. The quantitative estimate of drug-likeness (QED) is 0.717. The van der Waals surface area contributed by atoms with Crippen molar-refractivity contribution >= 4 is 17.7 Å². The van der Waals surface area contributed by atoms with Crippen molar-refractivity contribution in [1.29, 1.82) is 5.26 Å². The van der Waals surface area contributed by atoms with E-state index in [4.69, 9.17) is 16.9 Å². The highest BCUT2D eigenvalue weighted by Gasteiger charge is 2.08. The molecule has 18 heavy (non-hydrogen) atoms. The first-order valence-electron chi connectivity index (χ1n) is 5.33. The van der Waals surface area contributed by atoms with E-state index in [1.807, 2.05) is 30.3 Å². The van der Waals surface area contributed by atoms with E-state index in [0.717, 1.165) is 11.1 Å². The first-order chi connectivity index (χ1) is 8.72. The van der Waals surface area contributed by atoms with Gasteiger partial charge in [-0.3, -0.25) is 0 Å². The summed E-state index contributed by atoms with van der Waals surface area (Å²) in [6.07, 6.45) is 3.02. The molecule has 0 unspecified atom stereocenters. The Labute approximate surface area is 110 Å². The monoisotopic (exact) mass is 257 g/mol. The average molecular weight is 258 g/mol. The summed E-state index contributed by atoms with van der Waals surface area (Å²) in [5.74, 6) is -0.375. The van der Waals surface area contributed by atoms with Crippen LogP contribution < -0.4 is 0 Å². The smallest absolute Gasteiger partial charge is 0.132 e. The average Bonchev–Trinajstić information content (AvgIpc) is 2.37. The first kappa shape index (κ1) is 12.3. The van der Waals surface area contributed by atoms with Crippen LogP contribution in [0.3, 0.4) is 0 Å². The number of hydrogen-bond acceptors (Lipinski definition) is 1. The van der Waals surface area contributed by atoms with Gasteiger partial charge >= 0.3 is 0 Å². The number of nitrogens with zero attached hydrogens (tertiary/aromatic N) is 1. The van der Waals surface area contributed by atoms with Crippen LogP contribution in [-0.2, 0) is 0 Å². The van der Waals surface area contributed by atoms with Gasteiger partial charge in [-0.05, 0) is 35.4 Å². The van der Waals surface area contributed by atoms with E-state index in [-0.39, 0.29) is 5.82 Å². The third-order valence-electron chi connectivity index (χ3n) is 2.52. The predicted molar refractivity (Wildman–Crippen MR) is 71.5 cm³/mol. The van der Waals surface area contributed by atoms with Gasteiger partial charge in [-0.2, -0.15) is 5.26 Å². The molecule has 0 aliphatic heterocycles. The molecule has 88 valence electrons. The molecular weight excluding hydrogens is 249 g/mol. The third-order valence-corrected chi connectivity index (χ3v) is 2.75. The van der Waals surface area contributed by atoms with Crippen molar-refractivity contribution < 1.29 is 4.39 Å². The van der Waals surface area contributed by atoms with E-state index in [1.165, 1.54) is 12.1 Å². The van der Waals surface area contributed by atoms with E-state index in [2.05, 4.69) is 0 Å². The Balaban J connectivity index is 2.57. The Morgan fingerprint density at radius 2 is 1.89 bits per heavy atom. The van der Waals surface area contributed by atoms with Crippen LogP contribution in [0.25, 0.3) is 17.2 Å². The van der Waals surface area contributed by atoms with Gasteiger partial charge in [0.1, 0.15) is 5.82 Å². The zero-order chi connectivity index (χ0) is 13.0. The van der Waals surface area contributed by atoms with Gasteiger partial charge in [0.05, 0.1) is 6.07 Å². The van der Waals surface area contributed by atoms with Gasteiger partial charge in [0.25, 0.3) is 0 Å². The highest BCUT2D eigenvalue weighted by atomic mass is 35.5. The standard InChI is InChI=1S/C15H9ClFN/c16-12-7-8-14(15(17)10-12)13-6-2-1-4-11(13)5-3-9-18/h1-8,10H/b5-3-. The van der Waals surface area contributed by atoms with Crippen LogP contribution in [0.1, 0.15) is 5.56 Å². The maximum absolute atomic E-state index is 13.9. The lowest BCUT2D eigenvalue weighted by molar-refractivity contribution is 0.631. The molecule has 0 bridgehead atoms. The van der Waals surface area contributed by atoms with Crippen molar-refractivity contribution in [2.75, 3.05) is 0 Å². The Hall–Kier alpha value is -2.11. The van der Waals surface area contributed by atoms with E-state index in [0.29, 0.717) is 10.6 Å². The number of allylic oxidation sites excluding steroid dienone is 1. The molecule has 0 fully saturated rings. The van der Waals surface area contributed by atoms with E-state index in [9.17, 15) is 4.39 Å². The topological polar surface area (TPSA) is 23.8 Å². The lowest BCUT2D eigenvalue weighted by atomic mass is 9.99. The summed E-state index contributed by atoms with van der Waals surface area (Å²) in [7, 11) is 0. The van der Waals surface area contributed by atoms with Crippen molar-refractivity contribution in [3.05, 3.63) is 64.9 Å². The molecule has 2 aromatic rings. The molecule has 0 saturated heterocycles. The minimum atomic E-state index is -0.375. The molecule has 0 amide bonds. The number of halogens is 2. The van der Waals surface area contributed by atoms with Gasteiger partial charge in [-0.1, -0.05) is 35.9 Å². The minimum Gasteiger partial charge on any atom is -0.206 e. The summed E-state index contributed by atoms with van der Waals surface area (Å²) >= 11 is 5.73. The molecule has 2 rings (SSSR count). The van der Waals surface area contributed by atoms with Gasteiger partial charge in [0, 0.05) is 16.7 Å². The number of benzene rings is 2. The van der Waals surface area contributed by atoms with Crippen molar-refractivity contribution in [2.24, 2.45) is 0 Å². The normalized spacial score (nSPS) is 10.5. The molecule has 2 aromatic carbocycles. The third kappa shape index (κ3) is 2.58. The fourth-order valence-electron chi connectivity index (χ4n) is 1.72. The first-order valence-corrected chi connectivity index (χ1v) is 5.71. The molecule has 0 radical (unpaired) electrons. The molecule has 1 nitrogen and oxygen atoms in total. The molecule has 0 heterocycles. The zero-order valence-corrected chi connectivity index (χ0v) is 10.2. The van der Waals surface area contributed by atoms with E-state index >= 15 is 0 Å². The second-order valence-electron chi connectivity index (χ2n) is 3.67. The van der Waals surface area contributed by atoms with E-state index in [1.54, 1.807) is 18.2 Å². The summed E-state index contributed by atoms with van der Waals surface area (Å²) < 4.78 is 13.9. The Morgan fingerprint density at radius 3 is 2.61 bits per heavy atom.